The zero-order valence-corrected chi connectivity index (χ0v) is 28.7. The molecule has 0 spiro atoms. The van der Waals surface area contributed by atoms with Crippen LogP contribution in [0, 0.1) is 11.8 Å². The fraction of sp³-hybridized carbons (Fsp3) is 0.213. The summed E-state index contributed by atoms with van der Waals surface area (Å²) in [6, 6.07) is 26.6. The van der Waals surface area contributed by atoms with Crippen molar-refractivity contribution in [3.8, 4) is 22.3 Å². The van der Waals surface area contributed by atoms with Crippen molar-refractivity contribution in [3.05, 3.63) is 180 Å². The Morgan fingerprint density at radius 1 is 0.812 bits per heavy atom. The average Bonchev–Trinajstić information content (AvgIpc) is 3.12. The van der Waals surface area contributed by atoms with Crippen molar-refractivity contribution in [1.29, 1.82) is 0 Å². The molecule has 0 N–H and O–H groups in total. The molecule has 1 nitrogen and oxygen atoms in total. The minimum atomic E-state index is 0.430. The topological polar surface area (TPSA) is 12.9 Å². The van der Waals surface area contributed by atoms with E-state index in [1.165, 1.54) is 66.5 Å². The minimum absolute atomic E-state index is 0.430. The number of aromatic nitrogens is 1. The third-order valence-corrected chi connectivity index (χ3v) is 9.63. The van der Waals surface area contributed by atoms with Gasteiger partial charge in [0.15, 0.2) is 0 Å². The van der Waals surface area contributed by atoms with Crippen molar-refractivity contribution in [3.63, 3.8) is 0 Å². The molecule has 0 amide bonds. The lowest BCUT2D eigenvalue weighted by Gasteiger charge is -2.24. The lowest BCUT2D eigenvalue weighted by molar-refractivity contribution is 0.586. The van der Waals surface area contributed by atoms with Crippen LogP contribution in [-0.4, -0.2) is 4.98 Å². The highest BCUT2D eigenvalue weighted by molar-refractivity contribution is 6.06. The van der Waals surface area contributed by atoms with E-state index in [0.717, 1.165) is 32.1 Å². The summed E-state index contributed by atoms with van der Waals surface area (Å²) in [6.07, 6.45) is 32.0. The molecule has 0 aliphatic heterocycles. The molecule has 2 aliphatic rings. The maximum atomic E-state index is 4.60. The molecule has 2 unspecified atom stereocenters. The Balaban J connectivity index is 1.48. The third-order valence-electron chi connectivity index (χ3n) is 9.63. The lowest BCUT2D eigenvalue weighted by Crippen LogP contribution is -2.05. The second-order valence-electron chi connectivity index (χ2n) is 13.1. The van der Waals surface area contributed by atoms with Crippen LogP contribution in [0.25, 0.3) is 38.6 Å². The maximum Gasteiger partial charge on any atom is 0.0273 e. The van der Waals surface area contributed by atoms with Crippen LogP contribution in [0.1, 0.15) is 58.4 Å². The van der Waals surface area contributed by atoms with Gasteiger partial charge >= 0.3 is 0 Å². The highest BCUT2D eigenvalue weighted by atomic mass is 14.6. The van der Waals surface area contributed by atoms with Crippen molar-refractivity contribution in [2.75, 3.05) is 0 Å². The van der Waals surface area contributed by atoms with Gasteiger partial charge in [0.25, 0.3) is 0 Å². The van der Waals surface area contributed by atoms with Crippen LogP contribution in [0.2, 0.25) is 0 Å². The molecular formula is C47H47N. The summed E-state index contributed by atoms with van der Waals surface area (Å²) in [7, 11) is 0. The van der Waals surface area contributed by atoms with Gasteiger partial charge in [-0.2, -0.15) is 0 Å². The highest BCUT2D eigenvalue weighted by Gasteiger charge is 2.21. The normalized spacial score (nSPS) is 21.9. The molecule has 0 bridgehead atoms. The van der Waals surface area contributed by atoms with E-state index in [-0.39, 0.29) is 0 Å². The quantitative estimate of drug-likeness (QED) is 0.147. The molecule has 1 heteroatoms. The Bertz CT molecular complexity index is 1970. The van der Waals surface area contributed by atoms with Gasteiger partial charge in [0.05, 0.1) is 0 Å². The van der Waals surface area contributed by atoms with E-state index in [0.29, 0.717) is 11.8 Å². The molecule has 1 heterocycles. The maximum absolute atomic E-state index is 4.60. The number of allylic oxidation sites excluding steroid dienone is 15. The molecule has 0 radical (unpaired) electrons. The van der Waals surface area contributed by atoms with Crippen LogP contribution in [0.3, 0.4) is 0 Å². The Hall–Kier alpha value is -5.01. The number of nitrogens with zero attached hydrogens (tertiary/aromatic N) is 1. The summed E-state index contributed by atoms with van der Waals surface area (Å²) in [5.41, 5.74) is 12.6. The molecule has 4 aromatic rings. The van der Waals surface area contributed by atoms with Crippen molar-refractivity contribution < 1.29 is 0 Å². The van der Waals surface area contributed by atoms with Crippen molar-refractivity contribution in [1.82, 2.24) is 4.98 Å². The molecule has 48 heavy (non-hydrogen) atoms. The second-order valence-corrected chi connectivity index (χ2v) is 13.1. The van der Waals surface area contributed by atoms with Crippen LogP contribution in [0.15, 0.2) is 175 Å². The first-order valence-corrected chi connectivity index (χ1v) is 17.5. The van der Waals surface area contributed by atoms with Crippen LogP contribution >= 0.6 is 0 Å². The number of benzene rings is 3. The standard InChI is InChI=1S/C47H47N/c1-5-14-41(36(4)33-37-17-9-7-6-8-15-34(2)23-24-37)47(42-18-11-10-16-35(42)3)46-22-13-20-44-43(19-12-21-45(44)46)40-27-25-38(26-28-40)39-29-31-48-32-30-39/h5-8,11-15,18-32,34,37H,3,9-10,16-17,33H2,1-2,4H3/b7-6-,14-5-,15-8-,24-23-,41-36-,47-42+. The van der Waals surface area contributed by atoms with Crippen molar-refractivity contribution in [2.45, 2.75) is 52.9 Å². The number of pyridine rings is 1. The van der Waals surface area contributed by atoms with Crippen LogP contribution < -0.4 is 0 Å². The Labute approximate surface area is 287 Å². The first kappa shape index (κ1) is 32.9. The number of rotatable bonds is 7. The first-order valence-electron chi connectivity index (χ1n) is 17.5. The molecule has 2 aliphatic carbocycles. The van der Waals surface area contributed by atoms with E-state index >= 15 is 0 Å². The van der Waals surface area contributed by atoms with E-state index in [4.69, 9.17) is 0 Å². The molecule has 6 rings (SSSR count). The third kappa shape index (κ3) is 7.58. The average molecular weight is 626 g/mol. The van der Waals surface area contributed by atoms with Gasteiger partial charge in [-0.05, 0) is 131 Å². The van der Waals surface area contributed by atoms with Crippen LogP contribution in [-0.2, 0) is 0 Å². The molecule has 1 aromatic heterocycles. The van der Waals surface area contributed by atoms with Gasteiger partial charge in [-0.15, -0.1) is 0 Å². The van der Waals surface area contributed by atoms with E-state index in [2.05, 4.69) is 166 Å². The van der Waals surface area contributed by atoms with E-state index in [9.17, 15) is 0 Å². The zero-order chi connectivity index (χ0) is 33.3. The summed E-state index contributed by atoms with van der Waals surface area (Å²) in [6.45, 7) is 11.4. The van der Waals surface area contributed by atoms with E-state index in [1.54, 1.807) is 0 Å². The zero-order valence-electron chi connectivity index (χ0n) is 28.7. The predicted molar refractivity (Wildman–Crippen MR) is 208 cm³/mol. The Kier molecular flexibility index (Phi) is 10.8. The Morgan fingerprint density at radius 2 is 1.56 bits per heavy atom. The van der Waals surface area contributed by atoms with Crippen LogP contribution in [0.5, 0.6) is 0 Å². The van der Waals surface area contributed by atoms with Gasteiger partial charge in [-0.3, -0.25) is 4.98 Å². The summed E-state index contributed by atoms with van der Waals surface area (Å²) in [5, 5.41) is 2.53. The monoisotopic (exact) mass is 625 g/mol. The smallest absolute Gasteiger partial charge is 0.0273 e. The lowest BCUT2D eigenvalue weighted by atomic mass is 9.80. The van der Waals surface area contributed by atoms with Gasteiger partial charge in [-0.25, -0.2) is 0 Å². The van der Waals surface area contributed by atoms with Crippen molar-refractivity contribution >= 4 is 16.3 Å². The summed E-state index contributed by atoms with van der Waals surface area (Å²) < 4.78 is 0. The molecule has 0 saturated carbocycles. The molecule has 2 atom stereocenters. The summed E-state index contributed by atoms with van der Waals surface area (Å²) in [5.74, 6) is 0.911. The Morgan fingerprint density at radius 3 is 2.35 bits per heavy atom. The summed E-state index contributed by atoms with van der Waals surface area (Å²) in [4.78, 5) is 4.18. The van der Waals surface area contributed by atoms with E-state index in [1.807, 2.05) is 12.4 Å². The number of hydrogen-bond donors (Lipinski definition) is 0. The van der Waals surface area contributed by atoms with Gasteiger partial charge in [0.1, 0.15) is 0 Å². The number of fused-ring (bicyclic) bond motifs is 1. The van der Waals surface area contributed by atoms with Crippen molar-refractivity contribution in [2.24, 2.45) is 11.8 Å². The summed E-state index contributed by atoms with van der Waals surface area (Å²) >= 11 is 0. The second kappa shape index (κ2) is 15.7. The molecular weight excluding hydrogens is 579 g/mol. The fourth-order valence-electron chi connectivity index (χ4n) is 7.07. The van der Waals surface area contributed by atoms with Crippen LogP contribution in [0.4, 0.5) is 0 Å². The van der Waals surface area contributed by atoms with Gasteiger partial charge in [0, 0.05) is 12.4 Å². The highest BCUT2D eigenvalue weighted by Crippen LogP contribution is 2.42. The SMILES string of the molecule is C=C1CCC=C/C1=C(C(/C=C\C)=C(/C)CC1/C=C\C(C)/C=C\C=C/CC1)\c1cccc2c(-c3ccc(-c4ccncc4)cc3)cccc12. The molecule has 3 aromatic carbocycles. The number of hydrogen-bond acceptors (Lipinski definition) is 1. The first-order chi connectivity index (χ1) is 23.5. The van der Waals surface area contributed by atoms with Gasteiger partial charge in [-0.1, -0.05) is 140 Å². The largest absolute Gasteiger partial charge is 0.265 e. The minimum Gasteiger partial charge on any atom is -0.265 e. The fourth-order valence-corrected chi connectivity index (χ4v) is 7.07. The predicted octanol–water partition coefficient (Wildman–Crippen LogP) is 13.2. The molecule has 0 saturated heterocycles. The van der Waals surface area contributed by atoms with E-state index < -0.39 is 0 Å². The molecule has 0 fully saturated rings. The van der Waals surface area contributed by atoms with Gasteiger partial charge in [0.2, 0.25) is 0 Å². The van der Waals surface area contributed by atoms with Gasteiger partial charge < -0.3 is 0 Å². The molecule has 240 valence electrons.